The Morgan fingerprint density at radius 3 is 2.28 bits per heavy atom. The summed E-state index contributed by atoms with van der Waals surface area (Å²) >= 11 is 0. The van der Waals surface area contributed by atoms with E-state index in [1.165, 1.54) is 0 Å². The Bertz CT molecular complexity index is 514. The zero-order valence-corrected chi connectivity index (χ0v) is 9.96. The second kappa shape index (κ2) is 4.84. The van der Waals surface area contributed by atoms with E-state index in [2.05, 4.69) is 0 Å². The van der Waals surface area contributed by atoms with Crippen LogP contribution in [0.2, 0.25) is 0 Å². The van der Waals surface area contributed by atoms with Crippen molar-refractivity contribution in [2.24, 2.45) is 0 Å². The number of hydrogen-bond donors (Lipinski definition) is 0. The zero-order chi connectivity index (χ0) is 13.2. The third-order valence-electron chi connectivity index (χ3n) is 2.85. The van der Waals surface area contributed by atoms with Gasteiger partial charge in [-0.25, -0.2) is 0 Å². The summed E-state index contributed by atoms with van der Waals surface area (Å²) in [7, 11) is 0. The molecule has 1 aliphatic rings. The summed E-state index contributed by atoms with van der Waals surface area (Å²) in [6.07, 6.45) is 1.61. The summed E-state index contributed by atoms with van der Waals surface area (Å²) in [6, 6.07) is 7.78. The van der Waals surface area contributed by atoms with Crippen LogP contribution in [0.15, 0.2) is 54.1 Å². The molecule has 0 nitrogen and oxygen atoms in total. The van der Waals surface area contributed by atoms with Gasteiger partial charge in [-0.15, -0.1) is 0 Å². The van der Waals surface area contributed by atoms with E-state index >= 15 is 0 Å². The summed E-state index contributed by atoms with van der Waals surface area (Å²) in [5, 5.41) is 0. The molecule has 1 aliphatic carbocycles. The summed E-state index contributed by atoms with van der Waals surface area (Å²) < 4.78 is 37.7. The van der Waals surface area contributed by atoms with Gasteiger partial charge in [-0.1, -0.05) is 48.1 Å². The van der Waals surface area contributed by atoms with E-state index < -0.39 is 11.7 Å². The van der Waals surface area contributed by atoms with Crippen molar-refractivity contribution in [1.82, 2.24) is 0 Å². The number of alkyl halides is 3. The van der Waals surface area contributed by atoms with Gasteiger partial charge in [-0.2, -0.15) is 13.2 Å². The fourth-order valence-corrected chi connectivity index (χ4v) is 1.80. The summed E-state index contributed by atoms with van der Waals surface area (Å²) in [6.45, 7) is 1.98. The maximum Gasteiger partial charge on any atom is 0.416 e. The van der Waals surface area contributed by atoms with Gasteiger partial charge in [0.2, 0.25) is 0 Å². The normalized spacial score (nSPS) is 16.0. The third-order valence-corrected chi connectivity index (χ3v) is 2.85. The summed E-state index contributed by atoms with van der Waals surface area (Å²) in [5.74, 6) is 0. The molecular weight excluding hydrogens is 237 g/mol. The van der Waals surface area contributed by atoms with Gasteiger partial charge in [0, 0.05) is 0 Å². The van der Waals surface area contributed by atoms with Crippen LogP contribution >= 0.6 is 0 Å². The highest BCUT2D eigenvalue weighted by Gasteiger charge is 2.31. The number of aryl methyl sites for hydroxylation is 1. The first kappa shape index (κ1) is 12.7. The first-order valence-electron chi connectivity index (χ1n) is 5.68. The lowest BCUT2D eigenvalue weighted by Gasteiger charge is -2.05. The second-order valence-corrected chi connectivity index (χ2v) is 4.28. The highest BCUT2D eigenvalue weighted by molar-refractivity contribution is 5.69. The molecule has 0 heterocycles. The Balaban J connectivity index is 2.32. The number of hydrogen-bond acceptors (Lipinski definition) is 0. The Labute approximate surface area is 104 Å². The van der Waals surface area contributed by atoms with Crippen LogP contribution in [0.1, 0.15) is 17.5 Å². The predicted octanol–water partition coefficient (Wildman–Crippen LogP) is 4.83. The van der Waals surface area contributed by atoms with Crippen molar-refractivity contribution in [3.05, 3.63) is 65.3 Å². The van der Waals surface area contributed by atoms with E-state index in [0.717, 1.165) is 28.9 Å². The number of allylic oxidation sites excluding steroid dienone is 6. The van der Waals surface area contributed by atoms with Crippen molar-refractivity contribution in [2.45, 2.75) is 19.5 Å². The van der Waals surface area contributed by atoms with Crippen LogP contribution in [0, 0.1) is 6.92 Å². The van der Waals surface area contributed by atoms with Gasteiger partial charge in [0.1, 0.15) is 0 Å². The molecule has 0 saturated carbocycles. The molecule has 0 amide bonds. The number of benzene rings is 1. The van der Waals surface area contributed by atoms with Crippen LogP contribution < -0.4 is 0 Å². The molecule has 0 spiro atoms. The van der Waals surface area contributed by atoms with Crippen LogP contribution in [0.5, 0.6) is 0 Å². The predicted molar refractivity (Wildman–Crippen MR) is 67.1 cm³/mol. The van der Waals surface area contributed by atoms with Crippen molar-refractivity contribution in [2.75, 3.05) is 0 Å². The first-order valence-corrected chi connectivity index (χ1v) is 5.68. The monoisotopic (exact) mass is 250 g/mol. The molecule has 18 heavy (non-hydrogen) atoms. The lowest BCUT2D eigenvalue weighted by Crippen LogP contribution is -2.09. The Morgan fingerprint density at radius 2 is 1.67 bits per heavy atom. The average molecular weight is 250 g/mol. The zero-order valence-electron chi connectivity index (χ0n) is 9.96. The first-order chi connectivity index (χ1) is 8.47. The van der Waals surface area contributed by atoms with Crippen LogP contribution in [0.3, 0.4) is 0 Å². The van der Waals surface area contributed by atoms with Gasteiger partial charge in [-0.3, -0.25) is 0 Å². The van der Waals surface area contributed by atoms with Crippen LogP contribution in [0.4, 0.5) is 13.2 Å². The van der Waals surface area contributed by atoms with E-state index in [4.69, 9.17) is 0 Å². The lowest BCUT2D eigenvalue weighted by molar-refractivity contribution is -0.0881. The summed E-state index contributed by atoms with van der Waals surface area (Å²) in [4.78, 5) is 0. The standard InChI is InChI=1S/C15H13F3/c1-11-5-7-13(8-6-11)12-3-2-4-14(10-9-12)15(16,17)18/h2,4-10H,3H2,1H3. The van der Waals surface area contributed by atoms with Crippen molar-refractivity contribution in [3.8, 4) is 0 Å². The molecular formula is C15H13F3. The number of rotatable bonds is 1. The van der Waals surface area contributed by atoms with Gasteiger partial charge in [0.25, 0.3) is 0 Å². The van der Waals surface area contributed by atoms with Crippen LogP contribution in [0.25, 0.3) is 5.57 Å². The van der Waals surface area contributed by atoms with Gasteiger partial charge >= 0.3 is 6.18 Å². The molecule has 0 aromatic heterocycles. The van der Waals surface area contributed by atoms with Gasteiger partial charge in [0.05, 0.1) is 5.57 Å². The Hall–Kier alpha value is -1.77. The molecule has 0 bridgehead atoms. The van der Waals surface area contributed by atoms with Gasteiger partial charge in [0.15, 0.2) is 0 Å². The van der Waals surface area contributed by atoms with E-state index in [9.17, 15) is 13.2 Å². The molecule has 3 heteroatoms. The minimum absolute atomic E-state index is 0.513. The van der Waals surface area contributed by atoms with Crippen molar-refractivity contribution in [1.29, 1.82) is 0 Å². The third kappa shape index (κ3) is 2.92. The van der Waals surface area contributed by atoms with Crippen molar-refractivity contribution in [3.63, 3.8) is 0 Å². The van der Waals surface area contributed by atoms with Gasteiger partial charge < -0.3 is 0 Å². The fraction of sp³-hybridized carbons (Fsp3) is 0.200. The minimum atomic E-state index is -4.28. The molecule has 0 unspecified atom stereocenters. The highest BCUT2D eigenvalue weighted by atomic mass is 19.4. The molecule has 1 aromatic rings. The lowest BCUT2D eigenvalue weighted by atomic mass is 10.0. The maximum absolute atomic E-state index is 12.6. The molecule has 0 radical (unpaired) electrons. The van der Waals surface area contributed by atoms with E-state index in [1.807, 2.05) is 31.2 Å². The fourth-order valence-electron chi connectivity index (χ4n) is 1.80. The van der Waals surface area contributed by atoms with Gasteiger partial charge in [-0.05, 0) is 30.6 Å². The SMILES string of the molecule is Cc1ccc(C2=CC=C(C(F)(F)F)C=CC2)cc1. The Kier molecular flexibility index (Phi) is 3.41. The molecule has 2 rings (SSSR count). The molecule has 0 saturated heterocycles. The van der Waals surface area contributed by atoms with Crippen LogP contribution in [-0.2, 0) is 0 Å². The second-order valence-electron chi connectivity index (χ2n) is 4.28. The van der Waals surface area contributed by atoms with E-state index in [0.29, 0.717) is 6.42 Å². The molecule has 0 N–H and O–H groups in total. The average Bonchev–Trinajstić information content (AvgIpc) is 2.55. The number of halogens is 3. The quantitative estimate of drug-likeness (QED) is 0.669. The maximum atomic E-state index is 12.6. The molecule has 0 atom stereocenters. The van der Waals surface area contributed by atoms with E-state index in [1.54, 1.807) is 12.2 Å². The van der Waals surface area contributed by atoms with Crippen LogP contribution in [-0.4, -0.2) is 6.18 Å². The smallest absolute Gasteiger partial charge is 0.166 e. The molecule has 0 aliphatic heterocycles. The van der Waals surface area contributed by atoms with Crippen molar-refractivity contribution < 1.29 is 13.2 Å². The largest absolute Gasteiger partial charge is 0.416 e. The van der Waals surface area contributed by atoms with E-state index in [-0.39, 0.29) is 0 Å². The van der Waals surface area contributed by atoms with Crippen molar-refractivity contribution >= 4 is 5.57 Å². The molecule has 1 aromatic carbocycles. The Morgan fingerprint density at radius 1 is 1.00 bits per heavy atom. The molecule has 0 fully saturated rings. The minimum Gasteiger partial charge on any atom is -0.166 e. The molecule has 94 valence electrons. The summed E-state index contributed by atoms with van der Waals surface area (Å²) in [5.41, 5.74) is 2.38. The highest BCUT2D eigenvalue weighted by Crippen LogP contribution is 2.30. The topological polar surface area (TPSA) is 0 Å².